The van der Waals surface area contributed by atoms with Crippen LogP contribution < -0.4 is 14.8 Å². The van der Waals surface area contributed by atoms with E-state index in [0.717, 1.165) is 23.4 Å². The molecule has 1 aromatic heterocycles. The molecule has 0 spiro atoms. The molecule has 0 aliphatic heterocycles. The number of hydrogen-bond donors (Lipinski definition) is 1. The molecule has 1 heterocycles. The van der Waals surface area contributed by atoms with Crippen molar-refractivity contribution in [2.24, 2.45) is 0 Å². The summed E-state index contributed by atoms with van der Waals surface area (Å²) in [6.07, 6.45) is 0. The Bertz CT molecular complexity index is 592. The molecule has 0 fully saturated rings. The van der Waals surface area contributed by atoms with Gasteiger partial charge in [-0.15, -0.1) is 0 Å². The highest BCUT2D eigenvalue weighted by Gasteiger charge is 2.13. The van der Waals surface area contributed by atoms with Crippen LogP contribution in [0.25, 0.3) is 11.4 Å². The van der Waals surface area contributed by atoms with E-state index in [2.05, 4.69) is 20.3 Å². The second-order valence-electron chi connectivity index (χ2n) is 4.43. The van der Waals surface area contributed by atoms with Crippen molar-refractivity contribution in [3.05, 3.63) is 23.8 Å². The Morgan fingerprint density at radius 3 is 2.62 bits per heavy atom. The van der Waals surface area contributed by atoms with Crippen molar-refractivity contribution in [1.29, 1.82) is 0 Å². The fourth-order valence-corrected chi connectivity index (χ4v) is 1.90. The highest BCUT2D eigenvalue weighted by Crippen LogP contribution is 2.29. The van der Waals surface area contributed by atoms with Gasteiger partial charge in [-0.2, -0.15) is 15.0 Å². The van der Waals surface area contributed by atoms with Crippen LogP contribution in [0.1, 0.15) is 19.4 Å². The van der Waals surface area contributed by atoms with Crippen LogP contribution in [0.2, 0.25) is 0 Å². The van der Waals surface area contributed by atoms with Gasteiger partial charge in [0.2, 0.25) is 5.95 Å². The molecule has 0 amide bonds. The van der Waals surface area contributed by atoms with E-state index in [1.54, 1.807) is 7.11 Å². The molecule has 0 bridgehead atoms. The number of ether oxygens (including phenoxy) is 2. The van der Waals surface area contributed by atoms with Crippen LogP contribution in [0.15, 0.2) is 18.2 Å². The molecule has 0 unspecified atom stereocenters. The third-order valence-electron chi connectivity index (χ3n) is 2.82. The minimum Gasteiger partial charge on any atom is -0.496 e. The van der Waals surface area contributed by atoms with Crippen LogP contribution in [0.4, 0.5) is 5.95 Å². The summed E-state index contributed by atoms with van der Waals surface area (Å²) in [5, 5.41) is 3.09. The number of aromatic nitrogens is 3. The number of methoxy groups -OCH3 is 1. The van der Waals surface area contributed by atoms with Crippen molar-refractivity contribution in [3.63, 3.8) is 0 Å². The molecule has 0 aliphatic rings. The first-order valence-corrected chi connectivity index (χ1v) is 6.95. The Kier molecular flexibility index (Phi) is 4.92. The molecule has 1 N–H and O–H groups in total. The summed E-state index contributed by atoms with van der Waals surface area (Å²) in [5.74, 6) is 1.75. The van der Waals surface area contributed by atoms with Crippen LogP contribution in [-0.2, 0) is 0 Å². The minimum absolute atomic E-state index is 0.307. The van der Waals surface area contributed by atoms with E-state index in [-0.39, 0.29) is 0 Å². The van der Waals surface area contributed by atoms with Crippen molar-refractivity contribution >= 4 is 5.95 Å². The molecule has 6 nitrogen and oxygen atoms in total. The highest BCUT2D eigenvalue weighted by atomic mass is 16.5. The van der Waals surface area contributed by atoms with E-state index in [1.165, 1.54) is 0 Å². The lowest BCUT2D eigenvalue weighted by Gasteiger charge is -2.11. The fourth-order valence-electron chi connectivity index (χ4n) is 1.90. The number of rotatable bonds is 6. The molecule has 0 aliphatic carbocycles. The van der Waals surface area contributed by atoms with Gasteiger partial charge in [-0.3, -0.25) is 0 Å². The number of nitrogens with zero attached hydrogens (tertiary/aromatic N) is 3. The normalized spacial score (nSPS) is 10.3. The Balaban J connectivity index is 2.53. The maximum Gasteiger partial charge on any atom is 0.321 e. The first-order chi connectivity index (χ1) is 10.2. The highest BCUT2D eigenvalue weighted by molar-refractivity contribution is 5.66. The first kappa shape index (κ1) is 15.0. The average Bonchev–Trinajstić information content (AvgIpc) is 2.47. The van der Waals surface area contributed by atoms with Gasteiger partial charge in [0.15, 0.2) is 5.82 Å². The first-order valence-electron chi connectivity index (χ1n) is 6.95. The largest absolute Gasteiger partial charge is 0.496 e. The van der Waals surface area contributed by atoms with Gasteiger partial charge in [0.25, 0.3) is 0 Å². The Morgan fingerprint density at radius 2 is 1.95 bits per heavy atom. The summed E-state index contributed by atoms with van der Waals surface area (Å²) >= 11 is 0. The summed E-state index contributed by atoms with van der Waals surface area (Å²) in [4.78, 5) is 13.0. The van der Waals surface area contributed by atoms with Crippen molar-refractivity contribution in [1.82, 2.24) is 15.0 Å². The predicted molar refractivity (Wildman–Crippen MR) is 81.9 cm³/mol. The molecule has 0 saturated heterocycles. The molecule has 0 radical (unpaired) electrons. The number of anilines is 1. The van der Waals surface area contributed by atoms with Gasteiger partial charge in [0.1, 0.15) is 5.75 Å². The van der Waals surface area contributed by atoms with E-state index < -0.39 is 0 Å². The Morgan fingerprint density at radius 1 is 1.14 bits per heavy atom. The van der Waals surface area contributed by atoms with Crippen LogP contribution in [0, 0.1) is 6.92 Å². The summed E-state index contributed by atoms with van der Waals surface area (Å²) in [5.41, 5.74) is 1.93. The molecule has 1 aromatic carbocycles. The van der Waals surface area contributed by atoms with Crippen molar-refractivity contribution in [2.45, 2.75) is 20.8 Å². The third kappa shape index (κ3) is 3.59. The maximum absolute atomic E-state index is 5.42. The number of nitrogens with one attached hydrogen (secondary N) is 1. The fraction of sp³-hybridized carbons (Fsp3) is 0.400. The molecule has 0 atom stereocenters. The van der Waals surface area contributed by atoms with E-state index in [0.29, 0.717) is 24.4 Å². The molecule has 6 heteroatoms. The zero-order valence-corrected chi connectivity index (χ0v) is 12.8. The van der Waals surface area contributed by atoms with Crippen LogP contribution in [-0.4, -0.2) is 35.2 Å². The zero-order valence-electron chi connectivity index (χ0n) is 12.8. The lowest BCUT2D eigenvalue weighted by atomic mass is 10.1. The molecule has 2 rings (SSSR count). The molecule has 112 valence electrons. The average molecular weight is 288 g/mol. The summed E-state index contributed by atoms with van der Waals surface area (Å²) in [6, 6.07) is 6.18. The predicted octanol–water partition coefficient (Wildman–Crippen LogP) is 2.69. The maximum atomic E-state index is 5.42. The van der Waals surface area contributed by atoms with E-state index in [9.17, 15) is 0 Å². The van der Waals surface area contributed by atoms with Crippen LogP contribution in [0.5, 0.6) is 11.8 Å². The zero-order chi connectivity index (χ0) is 15.2. The molecular formula is C15H20N4O2. The number of aryl methyl sites for hydroxylation is 1. The topological polar surface area (TPSA) is 69.2 Å². The molecule has 21 heavy (non-hydrogen) atoms. The van der Waals surface area contributed by atoms with Gasteiger partial charge in [-0.25, -0.2) is 0 Å². The Hall–Kier alpha value is -2.37. The second-order valence-corrected chi connectivity index (χ2v) is 4.43. The summed E-state index contributed by atoms with van der Waals surface area (Å²) < 4.78 is 10.8. The third-order valence-corrected chi connectivity index (χ3v) is 2.82. The SMILES string of the molecule is CCNc1nc(OCC)nc(-c2cc(C)ccc2OC)n1. The van der Waals surface area contributed by atoms with E-state index >= 15 is 0 Å². The molecule has 2 aromatic rings. The summed E-state index contributed by atoms with van der Waals surface area (Å²) in [6.45, 7) is 7.11. The van der Waals surface area contributed by atoms with Crippen LogP contribution in [0.3, 0.4) is 0 Å². The lowest BCUT2D eigenvalue weighted by Crippen LogP contribution is -2.08. The Labute approximate surface area is 124 Å². The monoisotopic (exact) mass is 288 g/mol. The van der Waals surface area contributed by atoms with Gasteiger partial charge in [0, 0.05) is 6.54 Å². The van der Waals surface area contributed by atoms with Crippen LogP contribution >= 0.6 is 0 Å². The minimum atomic E-state index is 0.307. The molecule has 0 saturated carbocycles. The van der Waals surface area contributed by atoms with Crippen molar-refractivity contribution in [3.8, 4) is 23.1 Å². The second kappa shape index (κ2) is 6.88. The standard InChI is InChI=1S/C15H20N4O2/c1-5-16-14-17-13(18-15(19-14)21-6-2)11-9-10(3)7-8-12(11)20-4/h7-9H,5-6H2,1-4H3,(H,16,17,18,19). The van der Waals surface area contributed by atoms with Gasteiger partial charge >= 0.3 is 6.01 Å². The lowest BCUT2D eigenvalue weighted by molar-refractivity contribution is 0.312. The number of benzene rings is 1. The van der Waals surface area contributed by atoms with E-state index in [1.807, 2.05) is 39.0 Å². The quantitative estimate of drug-likeness (QED) is 0.881. The van der Waals surface area contributed by atoms with Crippen molar-refractivity contribution < 1.29 is 9.47 Å². The van der Waals surface area contributed by atoms with Gasteiger partial charge < -0.3 is 14.8 Å². The summed E-state index contributed by atoms with van der Waals surface area (Å²) in [7, 11) is 1.63. The van der Waals surface area contributed by atoms with Crippen molar-refractivity contribution in [2.75, 3.05) is 25.6 Å². The van der Waals surface area contributed by atoms with Gasteiger partial charge in [-0.1, -0.05) is 11.6 Å². The van der Waals surface area contributed by atoms with Gasteiger partial charge in [0.05, 0.1) is 19.3 Å². The smallest absolute Gasteiger partial charge is 0.321 e. The van der Waals surface area contributed by atoms with E-state index in [4.69, 9.17) is 9.47 Å². The van der Waals surface area contributed by atoms with Gasteiger partial charge in [-0.05, 0) is 32.9 Å². The molecular weight excluding hydrogens is 268 g/mol. The number of hydrogen-bond acceptors (Lipinski definition) is 6.